The molecule has 0 bridgehead atoms. The highest BCUT2D eigenvalue weighted by Crippen LogP contribution is 2.17. The van der Waals surface area contributed by atoms with E-state index in [0.29, 0.717) is 19.5 Å². The largest absolute Gasteiger partial charge is 0.480 e. The van der Waals surface area contributed by atoms with Gasteiger partial charge in [-0.1, -0.05) is 0 Å². The molecule has 2 aliphatic rings. The number of morpholine rings is 1. The zero-order valence-corrected chi connectivity index (χ0v) is 11.0. The third-order valence-corrected chi connectivity index (χ3v) is 3.61. The molecule has 1 unspecified atom stereocenters. The van der Waals surface area contributed by atoms with Gasteiger partial charge in [0.2, 0.25) is 0 Å². The fraction of sp³-hybridized carbons (Fsp3) is 0.833. The summed E-state index contributed by atoms with van der Waals surface area (Å²) in [4.78, 5) is 26.5. The van der Waals surface area contributed by atoms with Crippen LogP contribution in [0, 0.1) is 0 Å². The zero-order valence-electron chi connectivity index (χ0n) is 11.0. The Morgan fingerprint density at radius 1 is 1.26 bits per heavy atom. The molecule has 19 heavy (non-hydrogen) atoms. The molecule has 0 spiro atoms. The number of carbonyl (C=O) groups excluding carboxylic acids is 1. The maximum atomic E-state index is 11.9. The lowest BCUT2D eigenvalue weighted by atomic mass is 10.2. The maximum absolute atomic E-state index is 11.9. The summed E-state index contributed by atoms with van der Waals surface area (Å²) in [6, 6.07) is -0.929. The minimum absolute atomic E-state index is 0.266. The van der Waals surface area contributed by atoms with Crippen molar-refractivity contribution in [2.24, 2.45) is 0 Å². The molecule has 2 amide bonds. The second kappa shape index (κ2) is 6.72. The molecule has 2 saturated heterocycles. The smallest absolute Gasteiger partial charge is 0.326 e. The molecule has 2 rings (SSSR count). The van der Waals surface area contributed by atoms with E-state index in [-0.39, 0.29) is 6.03 Å². The van der Waals surface area contributed by atoms with Gasteiger partial charge in [-0.2, -0.15) is 0 Å². The van der Waals surface area contributed by atoms with Gasteiger partial charge in [-0.25, -0.2) is 9.59 Å². The Morgan fingerprint density at radius 3 is 2.68 bits per heavy atom. The van der Waals surface area contributed by atoms with E-state index in [4.69, 9.17) is 9.84 Å². The molecule has 2 fully saturated rings. The summed E-state index contributed by atoms with van der Waals surface area (Å²) >= 11 is 0. The topological polar surface area (TPSA) is 82.1 Å². The van der Waals surface area contributed by atoms with Gasteiger partial charge < -0.3 is 20.1 Å². The van der Waals surface area contributed by atoms with Crippen LogP contribution in [-0.4, -0.2) is 78.9 Å². The van der Waals surface area contributed by atoms with E-state index >= 15 is 0 Å². The molecule has 2 N–H and O–H groups in total. The molecule has 108 valence electrons. The number of ether oxygens (including phenoxy) is 1. The van der Waals surface area contributed by atoms with Gasteiger partial charge in [0.1, 0.15) is 6.04 Å². The lowest BCUT2D eigenvalue weighted by molar-refractivity contribution is -0.141. The number of carboxylic acids is 1. The van der Waals surface area contributed by atoms with Crippen LogP contribution >= 0.6 is 0 Å². The second-order valence-corrected chi connectivity index (χ2v) is 4.88. The number of rotatable bonds is 4. The predicted octanol–water partition coefficient (Wildman–Crippen LogP) is -0.423. The molecule has 2 aliphatic heterocycles. The minimum atomic E-state index is -0.916. The number of nitrogens with zero attached hydrogens (tertiary/aromatic N) is 2. The number of carbonyl (C=O) groups is 2. The van der Waals surface area contributed by atoms with Crippen LogP contribution in [0.4, 0.5) is 4.79 Å². The standard InChI is InChI=1S/C12H21N3O4/c16-11(17)10-2-1-4-15(10)12(18)13-3-5-14-6-8-19-9-7-14/h10H,1-9H2,(H,13,18)(H,16,17). The van der Waals surface area contributed by atoms with Crippen LogP contribution in [-0.2, 0) is 9.53 Å². The van der Waals surface area contributed by atoms with Crippen LogP contribution in [0.15, 0.2) is 0 Å². The molecule has 7 heteroatoms. The lowest BCUT2D eigenvalue weighted by Crippen LogP contribution is -2.48. The van der Waals surface area contributed by atoms with Gasteiger partial charge in [0.15, 0.2) is 0 Å². The van der Waals surface area contributed by atoms with Crippen LogP contribution in [0.3, 0.4) is 0 Å². The SMILES string of the molecule is O=C(O)C1CCCN1C(=O)NCCN1CCOCC1. The predicted molar refractivity (Wildman–Crippen MR) is 68.0 cm³/mol. The van der Waals surface area contributed by atoms with Crippen LogP contribution in [0.2, 0.25) is 0 Å². The van der Waals surface area contributed by atoms with Crippen LogP contribution < -0.4 is 5.32 Å². The van der Waals surface area contributed by atoms with E-state index < -0.39 is 12.0 Å². The van der Waals surface area contributed by atoms with E-state index in [1.807, 2.05) is 0 Å². The van der Waals surface area contributed by atoms with Crippen LogP contribution in [0.1, 0.15) is 12.8 Å². The Bertz CT molecular complexity index is 331. The number of carboxylic acid groups (broad SMARTS) is 1. The fourth-order valence-electron chi connectivity index (χ4n) is 2.51. The lowest BCUT2D eigenvalue weighted by Gasteiger charge is -2.27. The van der Waals surface area contributed by atoms with E-state index in [2.05, 4.69) is 10.2 Å². The Kier molecular flexibility index (Phi) is 4.98. The van der Waals surface area contributed by atoms with Gasteiger partial charge in [0, 0.05) is 32.7 Å². The molecular formula is C12H21N3O4. The molecule has 0 radical (unpaired) electrons. The van der Waals surface area contributed by atoms with Gasteiger partial charge in [-0.15, -0.1) is 0 Å². The normalized spacial score (nSPS) is 24.4. The van der Waals surface area contributed by atoms with E-state index in [0.717, 1.165) is 39.3 Å². The summed E-state index contributed by atoms with van der Waals surface area (Å²) in [5, 5.41) is 11.8. The summed E-state index contributed by atoms with van der Waals surface area (Å²) in [7, 11) is 0. The van der Waals surface area contributed by atoms with Gasteiger partial charge in [-0.3, -0.25) is 4.90 Å². The third kappa shape index (κ3) is 3.81. The van der Waals surface area contributed by atoms with Gasteiger partial charge >= 0.3 is 12.0 Å². The van der Waals surface area contributed by atoms with Crippen molar-refractivity contribution in [2.75, 3.05) is 45.9 Å². The van der Waals surface area contributed by atoms with Crippen molar-refractivity contribution in [1.82, 2.24) is 15.1 Å². The summed E-state index contributed by atoms with van der Waals surface area (Å²) in [6.45, 7) is 5.10. The van der Waals surface area contributed by atoms with Gasteiger partial charge in [0.25, 0.3) is 0 Å². The second-order valence-electron chi connectivity index (χ2n) is 4.88. The van der Waals surface area contributed by atoms with Crippen molar-refractivity contribution in [3.05, 3.63) is 0 Å². The highest BCUT2D eigenvalue weighted by atomic mass is 16.5. The number of nitrogens with one attached hydrogen (secondary N) is 1. The third-order valence-electron chi connectivity index (χ3n) is 3.61. The highest BCUT2D eigenvalue weighted by molar-refractivity contribution is 5.83. The summed E-state index contributed by atoms with van der Waals surface area (Å²) < 4.78 is 5.25. The molecule has 0 aliphatic carbocycles. The number of amides is 2. The Labute approximate surface area is 112 Å². The molecule has 0 saturated carbocycles. The maximum Gasteiger partial charge on any atom is 0.326 e. The van der Waals surface area contributed by atoms with Crippen LogP contribution in [0.5, 0.6) is 0 Å². The molecule has 7 nitrogen and oxygen atoms in total. The fourth-order valence-corrected chi connectivity index (χ4v) is 2.51. The van der Waals surface area contributed by atoms with Gasteiger partial charge in [-0.05, 0) is 12.8 Å². The first-order valence-electron chi connectivity index (χ1n) is 6.76. The minimum Gasteiger partial charge on any atom is -0.480 e. The number of hydrogen-bond donors (Lipinski definition) is 2. The van der Waals surface area contributed by atoms with Crippen molar-refractivity contribution in [3.63, 3.8) is 0 Å². The Balaban J connectivity index is 1.70. The van der Waals surface area contributed by atoms with Crippen molar-refractivity contribution < 1.29 is 19.4 Å². The zero-order chi connectivity index (χ0) is 13.7. The molecule has 2 heterocycles. The first-order valence-corrected chi connectivity index (χ1v) is 6.76. The Hall–Kier alpha value is -1.34. The number of likely N-dealkylation sites (tertiary alicyclic amines) is 1. The van der Waals surface area contributed by atoms with Crippen molar-refractivity contribution in [1.29, 1.82) is 0 Å². The quantitative estimate of drug-likeness (QED) is 0.725. The first kappa shape index (κ1) is 14.1. The van der Waals surface area contributed by atoms with Crippen molar-refractivity contribution in [2.45, 2.75) is 18.9 Å². The highest BCUT2D eigenvalue weighted by Gasteiger charge is 2.33. The number of hydrogen-bond acceptors (Lipinski definition) is 4. The number of aliphatic carboxylic acids is 1. The van der Waals surface area contributed by atoms with E-state index in [1.54, 1.807) is 0 Å². The first-order chi connectivity index (χ1) is 9.18. The van der Waals surface area contributed by atoms with Crippen molar-refractivity contribution >= 4 is 12.0 Å². The van der Waals surface area contributed by atoms with Crippen LogP contribution in [0.25, 0.3) is 0 Å². The summed E-state index contributed by atoms with van der Waals surface area (Å²) in [5.41, 5.74) is 0. The average Bonchev–Trinajstić information content (AvgIpc) is 2.89. The number of urea groups is 1. The summed E-state index contributed by atoms with van der Waals surface area (Å²) in [6.07, 6.45) is 1.31. The Morgan fingerprint density at radius 2 is 2.00 bits per heavy atom. The molecule has 1 atom stereocenters. The molecular weight excluding hydrogens is 250 g/mol. The molecule has 0 aromatic rings. The van der Waals surface area contributed by atoms with E-state index in [1.165, 1.54) is 4.90 Å². The van der Waals surface area contributed by atoms with E-state index in [9.17, 15) is 9.59 Å². The van der Waals surface area contributed by atoms with Crippen molar-refractivity contribution in [3.8, 4) is 0 Å². The molecule has 0 aromatic carbocycles. The van der Waals surface area contributed by atoms with Gasteiger partial charge in [0.05, 0.1) is 13.2 Å². The summed E-state index contributed by atoms with van der Waals surface area (Å²) in [5.74, 6) is -0.916. The molecule has 0 aromatic heterocycles. The average molecular weight is 271 g/mol. The monoisotopic (exact) mass is 271 g/mol.